The van der Waals surface area contributed by atoms with E-state index >= 15 is 0 Å². The molecule has 0 unspecified atom stereocenters. The Morgan fingerprint density at radius 2 is 1.71 bits per heavy atom. The van der Waals surface area contributed by atoms with Gasteiger partial charge in [0.2, 0.25) is 0 Å². The molecule has 2 aromatic heterocycles. The maximum absolute atomic E-state index is 9.83. The van der Waals surface area contributed by atoms with Crippen LogP contribution in [0, 0.1) is 0 Å². The smallest absolute Gasteiger partial charge is 0.197 e. The third kappa shape index (κ3) is 1.50. The van der Waals surface area contributed by atoms with E-state index in [1.807, 2.05) is 6.07 Å². The number of aromatic hydroxyl groups is 2. The highest BCUT2D eigenvalue weighted by molar-refractivity contribution is 5.64. The van der Waals surface area contributed by atoms with Gasteiger partial charge >= 0.3 is 0 Å². The van der Waals surface area contributed by atoms with Crippen LogP contribution < -0.4 is 0 Å². The quantitative estimate of drug-likeness (QED) is 0.670. The predicted octanol–water partition coefficient (Wildman–Crippen LogP) is 2.41. The lowest BCUT2D eigenvalue weighted by Crippen LogP contribution is -1.89. The van der Waals surface area contributed by atoms with Gasteiger partial charge in [0.25, 0.3) is 0 Å². The lowest BCUT2D eigenvalue weighted by molar-refractivity contribution is 0.447. The number of nitrogens with zero attached hydrogens (tertiary/aromatic N) is 2. The first-order chi connectivity index (χ1) is 8.25. The highest BCUT2D eigenvalue weighted by Gasteiger charge is 2.08. The molecule has 4 nitrogen and oxygen atoms in total. The number of hydrogen-bond donors (Lipinski definition) is 2. The Balaban J connectivity index is 2.27. The van der Waals surface area contributed by atoms with Crippen LogP contribution in [0.5, 0.6) is 11.6 Å². The van der Waals surface area contributed by atoms with Gasteiger partial charge in [-0.25, -0.2) is 4.98 Å². The summed E-state index contributed by atoms with van der Waals surface area (Å²) in [5.41, 5.74) is 1.66. The van der Waals surface area contributed by atoms with Crippen molar-refractivity contribution in [2.24, 2.45) is 0 Å². The molecule has 2 heterocycles. The van der Waals surface area contributed by atoms with E-state index in [0.717, 1.165) is 11.1 Å². The molecule has 3 aromatic rings. The summed E-state index contributed by atoms with van der Waals surface area (Å²) in [6, 6.07) is 12.0. The van der Waals surface area contributed by atoms with Gasteiger partial charge in [-0.1, -0.05) is 6.07 Å². The molecule has 0 radical (unpaired) electrons. The summed E-state index contributed by atoms with van der Waals surface area (Å²) in [6.07, 6.45) is 1.70. The van der Waals surface area contributed by atoms with E-state index < -0.39 is 0 Å². The summed E-state index contributed by atoms with van der Waals surface area (Å²) in [5.74, 6) is 1.00. The minimum absolute atomic E-state index is 0.142. The van der Waals surface area contributed by atoms with Crippen LogP contribution in [0.25, 0.3) is 16.9 Å². The van der Waals surface area contributed by atoms with Crippen LogP contribution in [0.15, 0.2) is 48.7 Å². The summed E-state index contributed by atoms with van der Waals surface area (Å²) in [6.45, 7) is 0. The highest BCUT2D eigenvalue weighted by atomic mass is 16.3. The predicted molar refractivity (Wildman–Crippen MR) is 64.0 cm³/mol. The monoisotopic (exact) mass is 226 g/mol. The van der Waals surface area contributed by atoms with Gasteiger partial charge in [0, 0.05) is 5.56 Å². The molecule has 0 fully saturated rings. The average Bonchev–Trinajstić information content (AvgIpc) is 2.75. The summed E-state index contributed by atoms with van der Waals surface area (Å²) in [4.78, 5) is 4.28. The van der Waals surface area contributed by atoms with E-state index in [0.29, 0.717) is 5.82 Å². The molecular formula is C13H10N2O2. The molecule has 4 heteroatoms. The zero-order chi connectivity index (χ0) is 11.8. The van der Waals surface area contributed by atoms with E-state index in [1.165, 1.54) is 0 Å². The summed E-state index contributed by atoms with van der Waals surface area (Å²) >= 11 is 0. The van der Waals surface area contributed by atoms with Crippen molar-refractivity contribution in [2.75, 3.05) is 0 Å². The van der Waals surface area contributed by atoms with Crippen molar-refractivity contribution < 1.29 is 10.2 Å². The molecule has 2 N–H and O–H groups in total. The third-order valence-electron chi connectivity index (χ3n) is 2.66. The van der Waals surface area contributed by atoms with Crippen molar-refractivity contribution in [3.63, 3.8) is 0 Å². The molecule has 0 aliphatic rings. The molecule has 0 amide bonds. The van der Waals surface area contributed by atoms with Crippen molar-refractivity contribution in [1.82, 2.24) is 9.38 Å². The van der Waals surface area contributed by atoms with Gasteiger partial charge in [-0.05, 0) is 36.4 Å². The van der Waals surface area contributed by atoms with E-state index in [9.17, 15) is 10.2 Å². The summed E-state index contributed by atoms with van der Waals surface area (Å²) < 4.78 is 1.66. The zero-order valence-corrected chi connectivity index (χ0v) is 8.91. The molecular weight excluding hydrogens is 216 g/mol. The fourth-order valence-corrected chi connectivity index (χ4v) is 1.84. The van der Waals surface area contributed by atoms with Crippen LogP contribution in [0.2, 0.25) is 0 Å². The standard InChI is InChI=1S/C13H10N2O2/c16-11-6-4-9(5-7-11)13-14-8-10-2-1-3-12(17)15(10)13/h1-8,16-17H. The highest BCUT2D eigenvalue weighted by Crippen LogP contribution is 2.25. The Hall–Kier alpha value is -2.49. The minimum Gasteiger partial charge on any atom is -0.508 e. The van der Waals surface area contributed by atoms with E-state index in [2.05, 4.69) is 4.98 Å². The Labute approximate surface area is 97.4 Å². The number of hydrogen-bond acceptors (Lipinski definition) is 3. The number of phenols is 1. The molecule has 84 valence electrons. The number of fused-ring (bicyclic) bond motifs is 1. The second-order valence-corrected chi connectivity index (χ2v) is 3.77. The van der Waals surface area contributed by atoms with Crippen molar-refractivity contribution >= 4 is 5.52 Å². The lowest BCUT2D eigenvalue weighted by Gasteiger charge is -2.03. The summed E-state index contributed by atoms with van der Waals surface area (Å²) in [7, 11) is 0. The maximum Gasteiger partial charge on any atom is 0.197 e. The van der Waals surface area contributed by atoms with Gasteiger partial charge in [-0.15, -0.1) is 0 Å². The van der Waals surface area contributed by atoms with Gasteiger partial charge in [0.15, 0.2) is 5.88 Å². The average molecular weight is 226 g/mol. The number of aromatic nitrogens is 2. The molecule has 0 saturated heterocycles. The van der Waals surface area contributed by atoms with Gasteiger partial charge in [-0.2, -0.15) is 0 Å². The Morgan fingerprint density at radius 3 is 2.47 bits per heavy atom. The van der Waals surface area contributed by atoms with Crippen molar-refractivity contribution in [1.29, 1.82) is 0 Å². The van der Waals surface area contributed by atoms with Crippen LogP contribution in [0.1, 0.15) is 0 Å². The first kappa shape index (κ1) is 9.72. The lowest BCUT2D eigenvalue weighted by atomic mass is 10.2. The molecule has 1 aromatic carbocycles. The molecule has 0 atom stereocenters. The van der Waals surface area contributed by atoms with Crippen LogP contribution in [0.4, 0.5) is 0 Å². The molecule has 17 heavy (non-hydrogen) atoms. The van der Waals surface area contributed by atoms with Crippen molar-refractivity contribution in [3.8, 4) is 23.0 Å². The largest absolute Gasteiger partial charge is 0.508 e. The number of pyridine rings is 1. The number of phenolic OH excluding ortho intramolecular Hbond substituents is 1. The van der Waals surface area contributed by atoms with Crippen molar-refractivity contribution in [2.45, 2.75) is 0 Å². The summed E-state index contributed by atoms with van der Waals surface area (Å²) in [5, 5.41) is 19.1. The maximum atomic E-state index is 9.83. The first-order valence-electron chi connectivity index (χ1n) is 5.20. The second-order valence-electron chi connectivity index (χ2n) is 3.77. The normalized spacial score (nSPS) is 10.8. The molecule has 0 spiro atoms. The Kier molecular flexibility index (Phi) is 2.01. The van der Waals surface area contributed by atoms with E-state index in [4.69, 9.17) is 0 Å². The molecule has 0 aliphatic heterocycles. The van der Waals surface area contributed by atoms with Gasteiger partial charge in [0.1, 0.15) is 11.6 Å². The molecule has 0 saturated carbocycles. The number of imidazole rings is 1. The van der Waals surface area contributed by atoms with Crippen molar-refractivity contribution in [3.05, 3.63) is 48.7 Å². The minimum atomic E-state index is 0.142. The van der Waals surface area contributed by atoms with Gasteiger partial charge < -0.3 is 10.2 Å². The topological polar surface area (TPSA) is 57.8 Å². The van der Waals surface area contributed by atoms with Crippen LogP contribution in [-0.4, -0.2) is 19.6 Å². The number of rotatable bonds is 1. The van der Waals surface area contributed by atoms with Crippen LogP contribution in [0.3, 0.4) is 0 Å². The first-order valence-corrected chi connectivity index (χ1v) is 5.20. The third-order valence-corrected chi connectivity index (χ3v) is 2.66. The van der Waals surface area contributed by atoms with E-state index in [1.54, 1.807) is 47.0 Å². The second kappa shape index (κ2) is 3.52. The fourth-order valence-electron chi connectivity index (χ4n) is 1.84. The van der Waals surface area contributed by atoms with Gasteiger partial charge in [-0.3, -0.25) is 4.40 Å². The van der Waals surface area contributed by atoms with Crippen LogP contribution in [-0.2, 0) is 0 Å². The fraction of sp³-hybridized carbons (Fsp3) is 0. The van der Waals surface area contributed by atoms with Crippen LogP contribution >= 0.6 is 0 Å². The number of benzene rings is 1. The van der Waals surface area contributed by atoms with E-state index in [-0.39, 0.29) is 11.6 Å². The SMILES string of the molecule is Oc1ccc(-c2ncc3cccc(O)n23)cc1. The Bertz CT molecular complexity index is 671. The zero-order valence-electron chi connectivity index (χ0n) is 8.91. The molecule has 0 aliphatic carbocycles. The molecule has 0 bridgehead atoms. The Morgan fingerprint density at radius 1 is 0.941 bits per heavy atom. The molecule has 3 rings (SSSR count). The van der Waals surface area contributed by atoms with Gasteiger partial charge in [0.05, 0.1) is 11.7 Å².